The van der Waals surface area contributed by atoms with Crippen LogP contribution in [-0.4, -0.2) is 64.5 Å². The highest BCUT2D eigenvalue weighted by Crippen LogP contribution is 2.28. The van der Waals surface area contributed by atoms with Gasteiger partial charge < -0.3 is 20.6 Å². The van der Waals surface area contributed by atoms with Crippen LogP contribution in [0.2, 0.25) is 5.02 Å². The van der Waals surface area contributed by atoms with Crippen molar-refractivity contribution in [3.63, 3.8) is 0 Å². The van der Waals surface area contributed by atoms with E-state index in [1.807, 2.05) is 17.0 Å². The first-order valence-electron chi connectivity index (χ1n) is 10.7. The molecule has 1 aliphatic carbocycles. The minimum Gasteiger partial charge on any atom is -0.396 e. The van der Waals surface area contributed by atoms with Crippen molar-refractivity contribution < 1.29 is 14.7 Å². The number of benzene rings is 1. The lowest BCUT2D eigenvalue weighted by Crippen LogP contribution is -2.50. The lowest BCUT2D eigenvalue weighted by Gasteiger charge is -2.38. The largest absolute Gasteiger partial charge is 0.396 e. The van der Waals surface area contributed by atoms with Crippen molar-refractivity contribution in [2.45, 2.75) is 69.5 Å². The van der Waals surface area contributed by atoms with Crippen molar-refractivity contribution in [1.29, 1.82) is 0 Å². The third kappa shape index (κ3) is 5.71. The number of amides is 2. The first-order chi connectivity index (χ1) is 14.0. The molecule has 0 bridgehead atoms. The standard InChI is InChI=1S/C22H32ClN3O3/c23-17-8-6-16(7-9-17)14-20(24)22(29)25-12-10-19(15-25)26(21(28)11-13-27)18-4-2-1-3-5-18/h6-9,18-20,27H,1-5,10-15,24H2. The predicted octanol–water partition coefficient (Wildman–Crippen LogP) is 2.35. The average molecular weight is 422 g/mol. The van der Waals surface area contributed by atoms with E-state index in [9.17, 15) is 14.7 Å². The second kappa shape index (κ2) is 10.4. The van der Waals surface area contributed by atoms with E-state index >= 15 is 0 Å². The summed E-state index contributed by atoms with van der Waals surface area (Å²) in [4.78, 5) is 29.4. The molecule has 1 heterocycles. The van der Waals surface area contributed by atoms with Crippen molar-refractivity contribution in [1.82, 2.24) is 9.80 Å². The van der Waals surface area contributed by atoms with E-state index < -0.39 is 6.04 Å². The fourth-order valence-corrected chi connectivity index (χ4v) is 4.78. The number of nitrogens with zero attached hydrogens (tertiary/aromatic N) is 2. The Balaban J connectivity index is 1.61. The molecule has 7 heteroatoms. The van der Waals surface area contributed by atoms with Gasteiger partial charge in [0.1, 0.15) is 0 Å². The monoisotopic (exact) mass is 421 g/mol. The van der Waals surface area contributed by atoms with Crippen LogP contribution in [-0.2, 0) is 16.0 Å². The highest BCUT2D eigenvalue weighted by Gasteiger charge is 2.37. The van der Waals surface area contributed by atoms with Gasteiger partial charge in [0.2, 0.25) is 11.8 Å². The zero-order valence-electron chi connectivity index (χ0n) is 16.9. The van der Waals surface area contributed by atoms with E-state index in [0.29, 0.717) is 24.5 Å². The number of halogens is 1. The smallest absolute Gasteiger partial charge is 0.239 e. The molecule has 6 nitrogen and oxygen atoms in total. The third-order valence-corrected chi connectivity index (χ3v) is 6.39. The van der Waals surface area contributed by atoms with E-state index in [2.05, 4.69) is 0 Å². The molecule has 1 aliphatic heterocycles. The molecule has 0 radical (unpaired) electrons. The molecule has 1 aromatic rings. The Kier molecular flexibility index (Phi) is 7.92. The molecule has 2 fully saturated rings. The molecule has 0 aromatic heterocycles. The van der Waals surface area contributed by atoms with Crippen LogP contribution in [0, 0.1) is 0 Å². The summed E-state index contributed by atoms with van der Waals surface area (Å²) in [5.74, 6) is -0.0650. The van der Waals surface area contributed by atoms with Crippen LogP contribution in [0.1, 0.15) is 50.5 Å². The summed E-state index contributed by atoms with van der Waals surface area (Å²) >= 11 is 5.92. The highest BCUT2D eigenvalue weighted by molar-refractivity contribution is 6.30. The normalized spacial score (nSPS) is 21.2. The van der Waals surface area contributed by atoms with Gasteiger partial charge in [-0.1, -0.05) is 43.0 Å². The number of carbonyl (C=O) groups is 2. The quantitative estimate of drug-likeness (QED) is 0.707. The predicted molar refractivity (Wildman–Crippen MR) is 114 cm³/mol. The van der Waals surface area contributed by atoms with Gasteiger partial charge in [0.25, 0.3) is 0 Å². The zero-order chi connectivity index (χ0) is 20.8. The van der Waals surface area contributed by atoms with Gasteiger partial charge in [-0.3, -0.25) is 9.59 Å². The van der Waals surface area contributed by atoms with E-state index in [1.165, 1.54) is 6.42 Å². The molecule has 29 heavy (non-hydrogen) atoms. The molecule has 1 saturated carbocycles. The van der Waals surface area contributed by atoms with E-state index in [4.69, 9.17) is 17.3 Å². The Morgan fingerprint density at radius 1 is 1.14 bits per heavy atom. The first kappa shape index (κ1) is 22.1. The van der Waals surface area contributed by atoms with Gasteiger partial charge in [-0.15, -0.1) is 0 Å². The van der Waals surface area contributed by atoms with Crippen LogP contribution in [0.4, 0.5) is 0 Å². The first-order valence-corrected chi connectivity index (χ1v) is 11.1. The number of likely N-dealkylation sites (tertiary alicyclic amines) is 1. The summed E-state index contributed by atoms with van der Waals surface area (Å²) in [6, 6.07) is 7.02. The van der Waals surface area contributed by atoms with Gasteiger partial charge in [0.05, 0.1) is 18.7 Å². The van der Waals surface area contributed by atoms with Crippen LogP contribution in [0.15, 0.2) is 24.3 Å². The molecule has 3 N–H and O–H groups in total. The van der Waals surface area contributed by atoms with Crippen LogP contribution < -0.4 is 5.73 Å². The molecular weight excluding hydrogens is 390 g/mol. The van der Waals surface area contributed by atoms with Crippen molar-refractivity contribution in [3.05, 3.63) is 34.9 Å². The molecule has 3 rings (SSSR count). The Labute approximate surface area is 178 Å². The fourth-order valence-electron chi connectivity index (χ4n) is 4.65. The number of hydrogen-bond donors (Lipinski definition) is 2. The van der Waals surface area contributed by atoms with Crippen LogP contribution in [0.3, 0.4) is 0 Å². The summed E-state index contributed by atoms with van der Waals surface area (Å²) in [7, 11) is 0. The number of aliphatic hydroxyl groups excluding tert-OH is 1. The van der Waals surface area contributed by atoms with E-state index in [1.54, 1.807) is 17.0 Å². The van der Waals surface area contributed by atoms with Crippen molar-refractivity contribution >= 4 is 23.4 Å². The SMILES string of the molecule is NC(Cc1ccc(Cl)cc1)C(=O)N1CCC(N(C(=O)CCO)C2CCCCC2)C1. The number of hydrogen-bond acceptors (Lipinski definition) is 4. The van der Waals surface area contributed by atoms with Gasteiger partial charge in [-0.2, -0.15) is 0 Å². The topological polar surface area (TPSA) is 86.9 Å². The van der Waals surface area contributed by atoms with Crippen LogP contribution in [0.25, 0.3) is 0 Å². The van der Waals surface area contributed by atoms with E-state index in [0.717, 1.165) is 37.7 Å². The molecule has 2 amide bonds. The van der Waals surface area contributed by atoms with Crippen LogP contribution in [0.5, 0.6) is 0 Å². The van der Waals surface area contributed by atoms with Gasteiger partial charge in [0, 0.05) is 30.6 Å². The Bertz CT molecular complexity index is 691. The lowest BCUT2D eigenvalue weighted by atomic mass is 9.92. The number of aliphatic hydroxyl groups is 1. The van der Waals surface area contributed by atoms with Crippen LogP contribution >= 0.6 is 11.6 Å². The summed E-state index contributed by atoms with van der Waals surface area (Å²) in [6.07, 6.45) is 6.89. The van der Waals surface area contributed by atoms with E-state index in [-0.39, 0.29) is 36.9 Å². The Morgan fingerprint density at radius 3 is 2.48 bits per heavy atom. The maximum Gasteiger partial charge on any atom is 0.239 e. The minimum atomic E-state index is -0.605. The molecule has 1 aromatic carbocycles. The van der Waals surface area contributed by atoms with Crippen molar-refractivity contribution in [3.8, 4) is 0 Å². The summed E-state index contributed by atoms with van der Waals surface area (Å²) in [6.45, 7) is 1.01. The molecule has 0 spiro atoms. The summed E-state index contributed by atoms with van der Waals surface area (Å²) in [5, 5.41) is 9.92. The third-order valence-electron chi connectivity index (χ3n) is 6.14. The molecular formula is C22H32ClN3O3. The second-order valence-corrected chi connectivity index (χ2v) is 8.67. The van der Waals surface area contributed by atoms with Gasteiger partial charge in [0.15, 0.2) is 0 Å². The molecule has 2 aliphatic rings. The minimum absolute atomic E-state index is 0.00385. The number of carbonyl (C=O) groups excluding carboxylic acids is 2. The number of rotatable bonds is 7. The van der Waals surface area contributed by atoms with Gasteiger partial charge in [-0.05, 0) is 43.4 Å². The zero-order valence-corrected chi connectivity index (χ0v) is 17.7. The number of nitrogens with two attached hydrogens (primary N) is 1. The average Bonchev–Trinajstić information content (AvgIpc) is 3.20. The fraction of sp³-hybridized carbons (Fsp3) is 0.636. The molecule has 1 saturated heterocycles. The second-order valence-electron chi connectivity index (χ2n) is 8.23. The lowest BCUT2D eigenvalue weighted by molar-refractivity contribution is -0.139. The Morgan fingerprint density at radius 2 is 1.83 bits per heavy atom. The maximum absolute atomic E-state index is 12.9. The molecule has 2 unspecified atom stereocenters. The molecule has 160 valence electrons. The maximum atomic E-state index is 12.9. The van der Waals surface area contributed by atoms with Gasteiger partial charge in [-0.25, -0.2) is 0 Å². The van der Waals surface area contributed by atoms with Gasteiger partial charge >= 0.3 is 0 Å². The molecule has 2 atom stereocenters. The Hall–Kier alpha value is -1.63. The summed E-state index contributed by atoms with van der Waals surface area (Å²) in [5.41, 5.74) is 7.18. The van der Waals surface area contributed by atoms with Crippen molar-refractivity contribution in [2.75, 3.05) is 19.7 Å². The summed E-state index contributed by atoms with van der Waals surface area (Å²) < 4.78 is 0. The van der Waals surface area contributed by atoms with Crippen molar-refractivity contribution in [2.24, 2.45) is 5.73 Å². The highest BCUT2D eigenvalue weighted by atomic mass is 35.5.